The van der Waals surface area contributed by atoms with Crippen LogP contribution in [0.2, 0.25) is 0 Å². The number of aromatic nitrogens is 2. The zero-order valence-corrected chi connectivity index (χ0v) is 7.67. The number of hydrogen-bond acceptors (Lipinski definition) is 5. The number of hydrogen-bond donors (Lipinski definition) is 1. The normalized spacial score (nSPS) is 11.5. The molecule has 0 amide bonds. The summed E-state index contributed by atoms with van der Waals surface area (Å²) in [5, 5.41) is 5.60. The van der Waals surface area contributed by atoms with Gasteiger partial charge in [-0.2, -0.15) is 13.5 Å². The summed E-state index contributed by atoms with van der Waals surface area (Å²) in [6.45, 7) is -0.267. The van der Waals surface area contributed by atoms with Crippen LogP contribution in [0.5, 0.6) is 0 Å². The average Bonchev–Trinajstić information content (AvgIpc) is 2.01. The molecule has 13 heavy (non-hydrogen) atoms. The molecule has 1 rings (SSSR count). The van der Waals surface area contributed by atoms with Crippen molar-refractivity contribution in [2.24, 2.45) is 0 Å². The van der Waals surface area contributed by atoms with Crippen molar-refractivity contribution in [1.82, 2.24) is 10.2 Å². The van der Waals surface area contributed by atoms with E-state index in [4.69, 9.17) is 0 Å². The maximum atomic E-state index is 10.9. The summed E-state index contributed by atoms with van der Waals surface area (Å²) < 4.78 is 25.6. The first kappa shape index (κ1) is 9.87. The molecule has 1 N–H and O–H groups in total. The van der Waals surface area contributed by atoms with Crippen LogP contribution in [0, 0.1) is 0 Å². The molecule has 0 radical (unpaired) electrons. The van der Waals surface area contributed by atoms with Crippen molar-refractivity contribution in [1.29, 1.82) is 0 Å². The molecule has 0 aromatic carbocycles. The van der Waals surface area contributed by atoms with E-state index in [9.17, 15) is 13.2 Å². The fourth-order valence-corrected chi connectivity index (χ4v) is 0.996. The van der Waals surface area contributed by atoms with Gasteiger partial charge in [0, 0.05) is 11.8 Å². The van der Waals surface area contributed by atoms with Crippen LogP contribution in [-0.2, 0) is 20.9 Å². The first-order valence-electron chi connectivity index (χ1n) is 3.36. The molecular weight excluding hydrogens is 196 g/mol. The van der Waals surface area contributed by atoms with E-state index in [1.165, 1.54) is 12.3 Å². The molecule has 0 bridgehead atoms. The number of nitrogens with zero attached hydrogens (tertiary/aromatic N) is 1. The minimum absolute atomic E-state index is 0.223. The van der Waals surface area contributed by atoms with E-state index >= 15 is 0 Å². The van der Waals surface area contributed by atoms with Crippen molar-refractivity contribution in [3.63, 3.8) is 0 Å². The smallest absolute Gasteiger partial charge is 0.268 e. The fraction of sp³-hybridized carbons (Fsp3) is 0.333. The Kier molecular flexibility index (Phi) is 2.79. The minimum Gasteiger partial charge on any atom is -0.268 e. The Balaban J connectivity index is 2.77. The second kappa shape index (κ2) is 3.67. The Morgan fingerprint density at radius 3 is 2.85 bits per heavy atom. The predicted molar refractivity (Wildman–Crippen MR) is 44.5 cm³/mol. The van der Waals surface area contributed by atoms with E-state index in [1.54, 1.807) is 0 Å². The second-order valence-corrected chi connectivity index (χ2v) is 4.02. The Morgan fingerprint density at radius 1 is 1.62 bits per heavy atom. The van der Waals surface area contributed by atoms with Crippen LogP contribution in [0.25, 0.3) is 0 Å². The van der Waals surface area contributed by atoms with Crippen LogP contribution < -0.4 is 5.56 Å². The summed E-state index contributed by atoms with van der Waals surface area (Å²) in [6, 6.07) is 1.39. The van der Waals surface area contributed by atoms with Gasteiger partial charge in [0.15, 0.2) is 0 Å². The van der Waals surface area contributed by atoms with Crippen LogP contribution in [0.4, 0.5) is 0 Å². The van der Waals surface area contributed by atoms with Crippen molar-refractivity contribution in [3.8, 4) is 0 Å². The lowest BCUT2D eigenvalue weighted by molar-refractivity contribution is 0.310. The number of nitrogens with one attached hydrogen (secondary N) is 1. The van der Waals surface area contributed by atoms with Gasteiger partial charge in [-0.1, -0.05) is 0 Å². The molecule has 6 nitrogen and oxygen atoms in total. The maximum absolute atomic E-state index is 10.9. The van der Waals surface area contributed by atoms with Crippen LogP contribution in [-0.4, -0.2) is 24.9 Å². The molecule has 72 valence electrons. The average molecular weight is 204 g/mol. The summed E-state index contributed by atoms with van der Waals surface area (Å²) >= 11 is 0. The molecule has 0 saturated heterocycles. The van der Waals surface area contributed by atoms with Crippen molar-refractivity contribution in [2.45, 2.75) is 6.61 Å². The largest absolute Gasteiger partial charge is 0.269 e. The SMILES string of the molecule is CS(=O)(=O)OCc1ccn[nH]c1=O. The van der Waals surface area contributed by atoms with Crippen LogP contribution in [0.1, 0.15) is 5.56 Å². The number of rotatable bonds is 3. The third kappa shape index (κ3) is 3.34. The summed E-state index contributed by atoms with van der Waals surface area (Å²) in [5.74, 6) is 0. The molecule has 0 aliphatic carbocycles. The van der Waals surface area contributed by atoms with E-state index < -0.39 is 15.7 Å². The Bertz CT molecular complexity index is 436. The van der Waals surface area contributed by atoms with E-state index in [1.807, 2.05) is 0 Å². The van der Waals surface area contributed by atoms with E-state index in [-0.39, 0.29) is 12.2 Å². The monoisotopic (exact) mass is 204 g/mol. The Hall–Kier alpha value is -1.21. The first-order valence-corrected chi connectivity index (χ1v) is 5.17. The number of H-pyrrole nitrogens is 1. The first-order chi connectivity index (χ1) is 5.99. The van der Waals surface area contributed by atoms with Gasteiger partial charge in [0.2, 0.25) is 0 Å². The number of aromatic amines is 1. The molecule has 1 heterocycles. The lowest BCUT2D eigenvalue weighted by Gasteiger charge is -1.98. The van der Waals surface area contributed by atoms with Gasteiger partial charge in [0.05, 0.1) is 12.9 Å². The zero-order valence-electron chi connectivity index (χ0n) is 6.85. The third-order valence-corrected chi connectivity index (χ3v) is 1.78. The molecule has 0 spiro atoms. The summed E-state index contributed by atoms with van der Waals surface area (Å²) in [6.07, 6.45) is 2.27. The highest BCUT2D eigenvalue weighted by atomic mass is 32.2. The van der Waals surface area contributed by atoms with Crippen LogP contribution in [0.3, 0.4) is 0 Å². The zero-order chi connectivity index (χ0) is 9.90. The quantitative estimate of drug-likeness (QED) is 0.654. The minimum atomic E-state index is -3.51. The lowest BCUT2D eigenvalue weighted by Crippen LogP contribution is -2.15. The van der Waals surface area contributed by atoms with Gasteiger partial charge in [-0.25, -0.2) is 5.10 Å². The van der Waals surface area contributed by atoms with E-state index in [2.05, 4.69) is 14.4 Å². The highest BCUT2D eigenvalue weighted by molar-refractivity contribution is 7.85. The Morgan fingerprint density at radius 2 is 2.31 bits per heavy atom. The Labute approximate surface area is 74.7 Å². The van der Waals surface area contributed by atoms with Crippen molar-refractivity contribution < 1.29 is 12.6 Å². The third-order valence-electron chi connectivity index (χ3n) is 1.24. The molecule has 0 saturated carbocycles. The topological polar surface area (TPSA) is 89.1 Å². The van der Waals surface area contributed by atoms with Gasteiger partial charge in [-0.3, -0.25) is 8.98 Å². The summed E-state index contributed by atoms with van der Waals surface area (Å²) in [7, 11) is -3.51. The van der Waals surface area contributed by atoms with Gasteiger partial charge < -0.3 is 0 Å². The molecule has 0 aliphatic rings. The molecule has 0 atom stereocenters. The molecular formula is C6H8N2O4S. The van der Waals surface area contributed by atoms with E-state index in [0.29, 0.717) is 0 Å². The lowest BCUT2D eigenvalue weighted by atomic mass is 10.3. The predicted octanol–water partition coefficient (Wildman–Crippen LogP) is -0.754. The molecule has 0 unspecified atom stereocenters. The second-order valence-electron chi connectivity index (χ2n) is 2.38. The molecule has 0 aliphatic heterocycles. The van der Waals surface area contributed by atoms with Gasteiger partial charge in [0.1, 0.15) is 0 Å². The molecule has 1 aromatic rings. The maximum Gasteiger partial charge on any atom is 0.269 e. The highest BCUT2D eigenvalue weighted by Gasteiger charge is 2.04. The van der Waals surface area contributed by atoms with Crippen molar-refractivity contribution in [2.75, 3.05) is 6.26 Å². The fourth-order valence-electron chi connectivity index (χ4n) is 0.655. The van der Waals surface area contributed by atoms with Crippen LogP contribution in [0.15, 0.2) is 17.1 Å². The van der Waals surface area contributed by atoms with Crippen molar-refractivity contribution in [3.05, 3.63) is 28.2 Å². The molecule has 7 heteroatoms. The van der Waals surface area contributed by atoms with Gasteiger partial charge in [-0.15, -0.1) is 0 Å². The van der Waals surface area contributed by atoms with Crippen LogP contribution >= 0.6 is 0 Å². The summed E-state index contributed by atoms with van der Waals surface area (Å²) in [4.78, 5) is 10.9. The van der Waals surface area contributed by atoms with Crippen molar-refractivity contribution >= 4 is 10.1 Å². The van der Waals surface area contributed by atoms with Gasteiger partial charge in [0.25, 0.3) is 15.7 Å². The highest BCUT2D eigenvalue weighted by Crippen LogP contribution is 1.95. The molecule has 0 fully saturated rings. The van der Waals surface area contributed by atoms with Gasteiger partial charge >= 0.3 is 0 Å². The molecule has 1 aromatic heterocycles. The summed E-state index contributed by atoms with van der Waals surface area (Å²) in [5.41, 5.74) is -0.230. The van der Waals surface area contributed by atoms with Gasteiger partial charge in [-0.05, 0) is 6.07 Å². The van der Waals surface area contributed by atoms with E-state index in [0.717, 1.165) is 6.26 Å². The standard InChI is InChI=1S/C6H8N2O4S/c1-13(10,11)12-4-5-2-3-7-8-6(5)9/h2-3H,4H2,1H3,(H,8,9).